The summed E-state index contributed by atoms with van der Waals surface area (Å²) in [5.41, 5.74) is -0.345. The fourth-order valence-corrected chi connectivity index (χ4v) is 2.15. The minimum absolute atomic E-state index is 0.345. The predicted octanol–water partition coefficient (Wildman–Crippen LogP) is 1.91. The Labute approximate surface area is 97.9 Å². The molecule has 5 nitrogen and oxygen atoms in total. The van der Waals surface area contributed by atoms with E-state index in [1.54, 1.807) is 6.07 Å². The predicted molar refractivity (Wildman–Crippen MR) is 57.6 cm³/mol. The van der Waals surface area contributed by atoms with E-state index in [1.807, 2.05) is 0 Å². The third kappa shape index (κ3) is 2.55. The van der Waals surface area contributed by atoms with E-state index >= 15 is 0 Å². The molecule has 0 amide bonds. The minimum atomic E-state index is -1.27. The van der Waals surface area contributed by atoms with Crippen molar-refractivity contribution in [2.75, 3.05) is 7.11 Å². The van der Waals surface area contributed by atoms with Gasteiger partial charge in [-0.25, -0.2) is 4.79 Å². The number of aliphatic carboxylic acids is 1. The molecule has 1 N–H and O–H groups in total. The highest BCUT2D eigenvalue weighted by molar-refractivity contribution is 9.10. The van der Waals surface area contributed by atoms with E-state index in [1.165, 1.54) is 13.2 Å². The smallest absolute Gasteiger partial charge is 0.346 e. The quantitative estimate of drug-likeness (QED) is 0.678. The Morgan fingerprint density at radius 2 is 2.47 bits per heavy atom. The molecular formula is C8H5BrN2O3S. The molecule has 0 saturated carbocycles. The summed E-state index contributed by atoms with van der Waals surface area (Å²) in [5.74, 6) is -0.898. The van der Waals surface area contributed by atoms with E-state index in [4.69, 9.17) is 15.1 Å². The summed E-state index contributed by atoms with van der Waals surface area (Å²) in [6.45, 7) is 0. The molecule has 0 fully saturated rings. The van der Waals surface area contributed by atoms with Crippen LogP contribution in [0.3, 0.4) is 0 Å². The topological polar surface area (TPSA) is 83.2 Å². The molecule has 1 heterocycles. The van der Waals surface area contributed by atoms with Crippen LogP contribution in [0.2, 0.25) is 0 Å². The minimum Gasteiger partial charge on any atom is -0.480 e. The maximum absolute atomic E-state index is 10.6. The number of aromatic nitrogens is 1. The van der Waals surface area contributed by atoms with E-state index in [0.29, 0.717) is 15.2 Å². The molecule has 0 aliphatic rings. The average molecular weight is 289 g/mol. The van der Waals surface area contributed by atoms with Crippen molar-refractivity contribution in [1.29, 1.82) is 5.26 Å². The lowest BCUT2D eigenvalue weighted by Gasteiger charge is -1.93. The summed E-state index contributed by atoms with van der Waals surface area (Å²) in [6, 6.07) is 1.58. The Hall–Kier alpha value is -1.39. The number of nitrogens with zero attached hydrogens (tertiary/aromatic N) is 2. The van der Waals surface area contributed by atoms with Crippen molar-refractivity contribution >= 4 is 39.5 Å². The van der Waals surface area contributed by atoms with Gasteiger partial charge in [0.25, 0.3) is 0 Å². The molecule has 0 spiro atoms. The van der Waals surface area contributed by atoms with Gasteiger partial charge in [0.15, 0.2) is 0 Å². The van der Waals surface area contributed by atoms with E-state index in [2.05, 4.69) is 20.3 Å². The molecule has 0 unspecified atom stereocenters. The summed E-state index contributed by atoms with van der Waals surface area (Å²) in [4.78, 5) is 11.1. The van der Waals surface area contributed by atoms with Crippen molar-refractivity contribution in [2.24, 2.45) is 0 Å². The Balaban J connectivity index is 3.13. The number of carboxylic acids is 1. The molecule has 1 aromatic rings. The zero-order valence-corrected chi connectivity index (χ0v) is 9.92. The van der Waals surface area contributed by atoms with E-state index in [0.717, 1.165) is 11.5 Å². The second-order valence-corrected chi connectivity index (χ2v) is 3.94. The van der Waals surface area contributed by atoms with Gasteiger partial charge in [0, 0.05) is 0 Å². The molecule has 15 heavy (non-hydrogen) atoms. The summed E-state index contributed by atoms with van der Waals surface area (Å²) in [6.07, 6.45) is 1.24. The Morgan fingerprint density at radius 1 is 1.80 bits per heavy atom. The summed E-state index contributed by atoms with van der Waals surface area (Å²) >= 11 is 4.24. The van der Waals surface area contributed by atoms with Gasteiger partial charge >= 0.3 is 5.97 Å². The second kappa shape index (κ2) is 4.91. The van der Waals surface area contributed by atoms with Gasteiger partial charge in [-0.2, -0.15) is 9.64 Å². The highest BCUT2D eigenvalue weighted by Crippen LogP contribution is 2.32. The lowest BCUT2D eigenvalue weighted by molar-refractivity contribution is -0.132. The molecule has 1 rings (SSSR count). The van der Waals surface area contributed by atoms with E-state index in [-0.39, 0.29) is 5.57 Å². The molecule has 0 atom stereocenters. The van der Waals surface area contributed by atoms with Crippen LogP contribution < -0.4 is 4.74 Å². The van der Waals surface area contributed by atoms with Crippen LogP contribution in [-0.4, -0.2) is 22.6 Å². The number of methoxy groups -OCH3 is 1. The van der Waals surface area contributed by atoms with Crippen LogP contribution in [0.15, 0.2) is 10.0 Å². The lowest BCUT2D eigenvalue weighted by Crippen LogP contribution is -1.96. The number of hydrogen-bond acceptors (Lipinski definition) is 5. The third-order valence-corrected chi connectivity index (χ3v) is 3.26. The molecule has 0 aliphatic heterocycles. The van der Waals surface area contributed by atoms with E-state index in [9.17, 15) is 4.79 Å². The Morgan fingerprint density at radius 3 is 2.87 bits per heavy atom. The molecular weight excluding hydrogens is 284 g/mol. The number of nitriles is 1. The fourth-order valence-electron chi connectivity index (χ4n) is 0.766. The molecule has 0 aliphatic carbocycles. The molecule has 0 radical (unpaired) electrons. The van der Waals surface area contributed by atoms with Gasteiger partial charge < -0.3 is 9.84 Å². The van der Waals surface area contributed by atoms with Crippen LogP contribution in [-0.2, 0) is 4.79 Å². The first-order valence-electron chi connectivity index (χ1n) is 3.64. The first kappa shape index (κ1) is 11.7. The van der Waals surface area contributed by atoms with Gasteiger partial charge in [0.1, 0.15) is 11.6 Å². The van der Waals surface area contributed by atoms with Crippen LogP contribution in [0.4, 0.5) is 0 Å². The van der Waals surface area contributed by atoms with Crippen molar-refractivity contribution in [3.63, 3.8) is 0 Å². The first-order chi connectivity index (χ1) is 7.10. The highest BCUT2D eigenvalue weighted by atomic mass is 79.9. The molecule has 1 aromatic heterocycles. The first-order valence-corrected chi connectivity index (χ1v) is 5.21. The SMILES string of the molecule is COc1nsc(/C=C(/C#N)C(=O)O)c1Br. The summed E-state index contributed by atoms with van der Waals surface area (Å²) in [5, 5.41) is 17.2. The van der Waals surface area contributed by atoms with Crippen molar-refractivity contribution in [3.8, 4) is 11.9 Å². The summed E-state index contributed by atoms with van der Waals surface area (Å²) < 4.78 is 9.35. The number of rotatable bonds is 3. The number of carbonyl (C=O) groups is 1. The van der Waals surface area contributed by atoms with Crippen molar-refractivity contribution in [2.45, 2.75) is 0 Å². The Kier molecular flexibility index (Phi) is 3.82. The second-order valence-electron chi connectivity index (χ2n) is 2.35. The van der Waals surface area contributed by atoms with Crippen LogP contribution >= 0.6 is 27.5 Å². The molecule has 0 saturated heterocycles. The van der Waals surface area contributed by atoms with Crippen LogP contribution in [0.1, 0.15) is 4.88 Å². The van der Waals surface area contributed by atoms with Gasteiger partial charge in [-0.05, 0) is 33.5 Å². The van der Waals surface area contributed by atoms with Crippen LogP contribution in [0, 0.1) is 11.3 Å². The zero-order chi connectivity index (χ0) is 11.4. The molecule has 7 heteroatoms. The number of carboxylic acid groups (broad SMARTS) is 1. The molecule has 78 valence electrons. The maximum atomic E-state index is 10.6. The van der Waals surface area contributed by atoms with Gasteiger partial charge in [0.05, 0.1) is 16.5 Å². The third-order valence-electron chi connectivity index (χ3n) is 1.45. The standard InChI is InChI=1S/C8H5BrN2O3S/c1-14-7-6(9)5(15-11-7)2-4(3-10)8(12)13/h2H,1H3,(H,12,13)/b4-2-. The maximum Gasteiger partial charge on any atom is 0.346 e. The number of hydrogen-bond donors (Lipinski definition) is 1. The van der Waals surface area contributed by atoms with Gasteiger partial charge in [-0.1, -0.05) is 0 Å². The number of ether oxygens (including phenoxy) is 1. The largest absolute Gasteiger partial charge is 0.480 e. The monoisotopic (exact) mass is 288 g/mol. The fraction of sp³-hybridized carbons (Fsp3) is 0.125. The Bertz CT molecular complexity index is 461. The number of halogens is 1. The highest BCUT2D eigenvalue weighted by Gasteiger charge is 2.13. The van der Waals surface area contributed by atoms with E-state index < -0.39 is 5.97 Å². The lowest BCUT2D eigenvalue weighted by atomic mass is 10.2. The van der Waals surface area contributed by atoms with Gasteiger partial charge in [0.2, 0.25) is 5.88 Å². The average Bonchev–Trinajstić information content (AvgIpc) is 2.55. The zero-order valence-electron chi connectivity index (χ0n) is 7.52. The van der Waals surface area contributed by atoms with Crippen molar-refractivity contribution in [1.82, 2.24) is 4.37 Å². The summed E-state index contributed by atoms with van der Waals surface area (Å²) in [7, 11) is 1.45. The van der Waals surface area contributed by atoms with Crippen molar-refractivity contribution in [3.05, 3.63) is 14.9 Å². The van der Waals surface area contributed by atoms with Crippen molar-refractivity contribution < 1.29 is 14.6 Å². The molecule has 0 bridgehead atoms. The van der Waals surface area contributed by atoms with Gasteiger partial charge in [-0.15, -0.1) is 0 Å². The van der Waals surface area contributed by atoms with Crippen LogP contribution in [0.5, 0.6) is 5.88 Å². The van der Waals surface area contributed by atoms with Gasteiger partial charge in [-0.3, -0.25) is 0 Å². The normalized spacial score (nSPS) is 10.9. The molecule has 0 aromatic carbocycles. The van der Waals surface area contributed by atoms with Crippen LogP contribution in [0.25, 0.3) is 6.08 Å².